The summed E-state index contributed by atoms with van der Waals surface area (Å²) in [7, 11) is 1.95. The van der Waals surface area contributed by atoms with Gasteiger partial charge in [-0.25, -0.2) is 9.97 Å². The summed E-state index contributed by atoms with van der Waals surface area (Å²) in [5, 5.41) is 9.19. The molecule has 0 bridgehead atoms. The number of rotatable bonds is 5. The Morgan fingerprint density at radius 3 is 2.53 bits per heavy atom. The lowest BCUT2D eigenvalue weighted by Crippen LogP contribution is -2.32. The summed E-state index contributed by atoms with van der Waals surface area (Å²) in [5.74, 6) is 3.22. The summed E-state index contributed by atoms with van der Waals surface area (Å²) in [4.78, 5) is 12.0. The molecule has 2 unspecified atom stereocenters. The predicted octanol–water partition coefficient (Wildman–Crippen LogP) is 3.58. The van der Waals surface area contributed by atoms with Gasteiger partial charge < -0.3 is 15.0 Å². The Bertz CT molecular complexity index is 1060. The molecule has 0 radical (unpaired) electrons. The van der Waals surface area contributed by atoms with Gasteiger partial charge >= 0.3 is 0 Å². The summed E-state index contributed by atoms with van der Waals surface area (Å²) in [6.45, 7) is 5.69. The Labute approximate surface area is 189 Å². The van der Waals surface area contributed by atoms with E-state index in [1.54, 1.807) is 0 Å². The molecule has 7 heteroatoms. The van der Waals surface area contributed by atoms with Gasteiger partial charge in [0.05, 0.1) is 5.52 Å². The minimum absolute atomic E-state index is 0.493. The zero-order valence-corrected chi connectivity index (χ0v) is 18.8. The average Bonchev–Trinajstić information content (AvgIpc) is 3.46. The molecule has 3 aromatic rings. The van der Waals surface area contributed by atoms with Crippen molar-refractivity contribution in [3.63, 3.8) is 0 Å². The van der Waals surface area contributed by atoms with Crippen molar-refractivity contribution in [1.29, 1.82) is 0 Å². The normalized spacial score (nSPS) is 26.6. The van der Waals surface area contributed by atoms with Crippen LogP contribution in [0.4, 0.5) is 5.95 Å². The van der Waals surface area contributed by atoms with Crippen molar-refractivity contribution < 1.29 is 4.74 Å². The molecule has 2 aliphatic heterocycles. The van der Waals surface area contributed by atoms with Gasteiger partial charge in [0.25, 0.3) is 0 Å². The van der Waals surface area contributed by atoms with Crippen LogP contribution in [0.5, 0.6) is 0 Å². The van der Waals surface area contributed by atoms with E-state index in [1.165, 1.54) is 45.3 Å². The van der Waals surface area contributed by atoms with E-state index < -0.39 is 0 Å². The van der Waals surface area contributed by atoms with Crippen molar-refractivity contribution >= 4 is 16.9 Å². The van der Waals surface area contributed by atoms with Gasteiger partial charge in [-0.2, -0.15) is 5.10 Å². The Morgan fingerprint density at radius 1 is 1.03 bits per heavy atom. The number of likely N-dealkylation sites (tertiary alicyclic amines) is 1. The lowest BCUT2D eigenvalue weighted by molar-refractivity contribution is 0.0545. The highest BCUT2D eigenvalue weighted by atomic mass is 16.5. The van der Waals surface area contributed by atoms with Gasteiger partial charge in [0.2, 0.25) is 5.95 Å². The number of aromatic nitrogens is 4. The monoisotopic (exact) mass is 432 g/mol. The Hall–Kier alpha value is -2.51. The first-order valence-electron chi connectivity index (χ1n) is 12.0. The van der Waals surface area contributed by atoms with E-state index in [-0.39, 0.29) is 0 Å². The lowest BCUT2D eigenvalue weighted by atomic mass is 10.00. The molecule has 4 heterocycles. The highest BCUT2D eigenvalue weighted by Gasteiger charge is 2.41. The van der Waals surface area contributed by atoms with Crippen molar-refractivity contribution in [2.24, 2.45) is 24.8 Å². The largest absolute Gasteiger partial charge is 0.381 e. The Morgan fingerprint density at radius 2 is 1.78 bits per heavy atom. The van der Waals surface area contributed by atoms with Gasteiger partial charge in [-0.15, -0.1) is 0 Å². The molecule has 1 saturated carbocycles. The molecule has 1 aliphatic carbocycles. The standard InChI is InChI=1S/C25H32N6O/c1-30-14-21-8-18(2-3-24(21)29-30)22-11-26-25(27-12-22)28-23-9-19-15-31(16-20(19)10-23)13-17-4-6-32-7-5-17/h2-3,8,11-12,14,17,19-20,23H,4-7,9-10,13,15-16H2,1H3,(H,26,27,28)/t19-,20?,23?/m1/s1. The molecule has 3 aliphatic rings. The maximum absolute atomic E-state index is 5.52. The van der Waals surface area contributed by atoms with Crippen LogP contribution in [0.15, 0.2) is 36.8 Å². The molecule has 3 fully saturated rings. The fraction of sp³-hybridized carbons (Fsp3) is 0.560. The van der Waals surface area contributed by atoms with Crippen LogP contribution in [0.3, 0.4) is 0 Å². The van der Waals surface area contributed by atoms with E-state index in [9.17, 15) is 0 Å². The molecular weight excluding hydrogens is 400 g/mol. The van der Waals surface area contributed by atoms with E-state index in [0.717, 1.165) is 58.9 Å². The summed E-state index contributed by atoms with van der Waals surface area (Å²) < 4.78 is 7.36. The highest BCUT2D eigenvalue weighted by Crippen LogP contribution is 2.39. The maximum Gasteiger partial charge on any atom is 0.222 e. The van der Waals surface area contributed by atoms with Gasteiger partial charge in [0.1, 0.15) is 0 Å². The summed E-state index contributed by atoms with van der Waals surface area (Å²) in [6, 6.07) is 6.79. The average molecular weight is 433 g/mol. The first-order chi connectivity index (χ1) is 15.7. The van der Waals surface area contributed by atoms with Gasteiger partial charge in [-0.3, -0.25) is 4.68 Å². The van der Waals surface area contributed by atoms with Crippen LogP contribution in [-0.4, -0.2) is 63.5 Å². The lowest BCUT2D eigenvalue weighted by Gasteiger charge is -2.27. The number of ether oxygens (including phenoxy) is 1. The number of aryl methyl sites for hydroxylation is 1. The zero-order valence-electron chi connectivity index (χ0n) is 18.8. The highest BCUT2D eigenvalue weighted by molar-refractivity contribution is 5.83. The Balaban J connectivity index is 1.04. The molecule has 0 amide bonds. The molecule has 2 aromatic heterocycles. The molecule has 168 valence electrons. The number of nitrogens with one attached hydrogen (secondary N) is 1. The second-order valence-electron chi connectivity index (χ2n) is 9.98. The van der Waals surface area contributed by atoms with E-state index in [4.69, 9.17) is 4.74 Å². The van der Waals surface area contributed by atoms with Crippen molar-refractivity contribution in [1.82, 2.24) is 24.6 Å². The minimum atomic E-state index is 0.493. The molecule has 0 spiro atoms. The van der Waals surface area contributed by atoms with Crippen molar-refractivity contribution in [3.8, 4) is 11.1 Å². The summed E-state index contributed by atoms with van der Waals surface area (Å²) in [5.41, 5.74) is 3.17. The van der Waals surface area contributed by atoms with E-state index >= 15 is 0 Å². The van der Waals surface area contributed by atoms with Crippen LogP contribution >= 0.6 is 0 Å². The van der Waals surface area contributed by atoms with Gasteiger partial charge in [-0.05, 0) is 61.1 Å². The molecule has 2 saturated heterocycles. The van der Waals surface area contributed by atoms with E-state index in [2.05, 4.69) is 43.5 Å². The van der Waals surface area contributed by atoms with E-state index in [0.29, 0.717) is 6.04 Å². The summed E-state index contributed by atoms with van der Waals surface area (Å²) in [6.07, 6.45) is 10.8. The SMILES string of the molecule is Cn1cc2cc(-c3cnc(NC4CC5CN(CC6CCOCC6)C[C@H]5C4)nc3)ccc2n1. The van der Waals surface area contributed by atoms with Crippen LogP contribution in [0.1, 0.15) is 25.7 Å². The second-order valence-corrected chi connectivity index (χ2v) is 9.98. The smallest absolute Gasteiger partial charge is 0.222 e. The topological polar surface area (TPSA) is 68.1 Å². The van der Waals surface area contributed by atoms with Gasteiger partial charge in [0.15, 0.2) is 0 Å². The van der Waals surface area contributed by atoms with Crippen molar-refractivity contribution in [2.45, 2.75) is 31.7 Å². The fourth-order valence-electron chi connectivity index (χ4n) is 6.02. The van der Waals surface area contributed by atoms with E-state index in [1.807, 2.05) is 30.3 Å². The van der Waals surface area contributed by atoms with Crippen LogP contribution < -0.4 is 5.32 Å². The maximum atomic E-state index is 5.52. The number of hydrogen-bond acceptors (Lipinski definition) is 6. The molecular formula is C25H32N6O. The first-order valence-corrected chi connectivity index (χ1v) is 12.0. The first kappa shape index (κ1) is 20.1. The predicted molar refractivity (Wildman–Crippen MR) is 125 cm³/mol. The molecule has 1 N–H and O–H groups in total. The fourth-order valence-corrected chi connectivity index (χ4v) is 6.02. The Kier molecular flexibility index (Phi) is 5.31. The molecule has 6 rings (SSSR count). The van der Waals surface area contributed by atoms with Gasteiger partial charge in [0, 0.05) is 75.5 Å². The van der Waals surface area contributed by atoms with Crippen LogP contribution in [0.2, 0.25) is 0 Å². The molecule has 7 nitrogen and oxygen atoms in total. The van der Waals surface area contributed by atoms with Crippen molar-refractivity contribution in [2.75, 3.05) is 38.2 Å². The van der Waals surface area contributed by atoms with Crippen LogP contribution in [-0.2, 0) is 11.8 Å². The molecule has 3 atom stereocenters. The molecule has 1 aromatic carbocycles. The second kappa shape index (κ2) is 8.45. The van der Waals surface area contributed by atoms with Crippen LogP contribution in [0, 0.1) is 17.8 Å². The van der Waals surface area contributed by atoms with Crippen molar-refractivity contribution in [3.05, 3.63) is 36.8 Å². The third-order valence-electron chi connectivity index (χ3n) is 7.62. The molecule has 32 heavy (non-hydrogen) atoms. The number of fused-ring (bicyclic) bond motifs is 2. The number of benzene rings is 1. The minimum Gasteiger partial charge on any atom is -0.381 e. The number of hydrogen-bond donors (Lipinski definition) is 1. The third kappa shape index (κ3) is 4.11. The number of nitrogens with zero attached hydrogens (tertiary/aromatic N) is 5. The summed E-state index contributed by atoms with van der Waals surface area (Å²) >= 11 is 0. The third-order valence-corrected chi connectivity index (χ3v) is 7.62. The zero-order chi connectivity index (χ0) is 21.5. The quantitative estimate of drug-likeness (QED) is 0.665. The van der Waals surface area contributed by atoms with Gasteiger partial charge in [-0.1, -0.05) is 6.07 Å². The van der Waals surface area contributed by atoms with Crippen LogP contribution in [0.25, 0.3) is 22.0 Å². The number of anilines is 1.